The normalized spacial score (nSPS) is 38.5. The van der Waals surface area contributed by atoms with Crippen LogP contribution >= 0.6 is 0 Å². The van der Waals surface area contributed by atoms with Gasteiger partial charge in [0.2, 0.25) is 0 Å². The molecule has 0 N–H and O–H groups in total. The first-order valence-electron chi connectivity index (χ1n) is 9.16. The van der Waals surface area contributed by atoms with E-state index >= 15 is 0 Å². The molecule has 4 fully saturated rings. The number of fused-ring (bicyclic) bond motifs is 1. The van der Waals surface area contributed by atoms with Gasteiger partial charge >= 0.3 is 0 Å². The molecule has 1 unspecified atom stereocenters. The molecule has 0 aromatic rings. The van der Waals surface area contributed by atoms with Crippen LogP contribution in [-0.4, -0.2) is 87.2 Å². The zero-order valence-corrected chi connectivity index (χ0v) is 13.6. The Bertz CT molecular complexity index is 356. The van der Waals surface area contributed by atoms with E-state index in [9.17, 15) is 0 Å². The molecule has 0 saturated carbocycles. The van der Waals surface area contributed by atoms with Gasteiger partial charge in [-0.3, -0.25) is 9.80 Å². The van der Waals surface area contributed by atoms with Crippen molar-refractivity contribution in [1.82, 2.24) is 9.80 Å². The van der Waals surface area contributed by atoms with Crippen LogP contribution in [0.1, 0.15) is 25.7 Å². The Balaban J connectivity index is 1.31. The van der Waals surface area contributed by atoms with Crippen LogP contribution in [0.25, 0.3) is 0 Å². The van der Waals surface area contributed by atoms with Gasteiger partial charge in [0.05, 0.1) is 18.8 Å². The smallest absolute Gasteiger partial charge is 0.0869 e. The summed E-state index contributed by atoms with van der Waals surface area (Å²) in [5, 5.41) is 0. The fourth-order valence-corrected chi connectivity index (χ4v) is 4.55. The molecule has 3 atom stereocenters. The van der Waals surface area contributed by atoms with Gasteiger partial charge in [-0.2, -0.15) is 0 Å². The SMILES string of the molecule is C1COC(CN2CCO[C@H]3CN(CC4CCOCC4)C[C@H]32)C1. The standard InChI is InChI=1S/C17H30N2O3/c1-2-15(21-6-1)11-19-5-9-22-17-13-18(12-16(17)19)10-14-3-7-20-8-4-14/h14-17H,1-13H2/t15?,16-,17+/m1/s1. The van der Waals surface area contributed by atoms with Crippen molar-refractivity contribution >= 4 is 0 Å². The van der Waals surface area contributed by atoms with E-state index in [0.29, 0.717) is 18.2 Å². The molecule has 4 heterocycles. The lowest BCUT2D eigenvalue weighted by Gasteiger charge is -2.38. The lowest BCUT2D eigenvalue weighted by atomic mass is 10.00. The third-order valence-corrected chi connectivity index (χ3v) is 5.81. The molecular formula is C17H30N2O3. The van der Waals surface area contributed by atoms with Crippen LogP contribution in [0.2, 0.25) is 0 Å². The predicted octanol–water partition coefficient (Wildman–Crippen LogP) is 0.977. The summed E-state index contributed by atoms with van der Waals surface area (Å²) in [5.74, 6) is 0.820. The fraction of sp³-hybridized carbons (Fsp3) is 1.00. The number of rotatable bonds is 4. The Hall–Kier alpha value is -0.200. The zero-order chi connectivity index (χ0) is 14.8. The van der Waals surface area contributed by atoms with Crippen LogP contribution in [0, 0.1) is 5.92 Å². The van der Waals surface area contributed by atoms with Gasteiger partial charge < -0.3 is 14.2 Å². The highest BCUT2D eigenvalue weighted by atomic mass is 16.5. The summed E-state index contributed by atoms with van der Waals surface area (Å²) in [6.07, 6.45) is 5.80. The predicted molar refractivity (Wildman–Crippen MR) is 84.1 cm³/mol. The average Bonchev–Trinajstić information content (AvgIpc) is 3.18. The van der Waals surface area contributed by atoms with Gasteiger partial charge in [-0.15, -0.1) is 0 Å². The maximum Gasteiger partial charge on any atom is 0.0869 e. The van der Waals surface area contributed by atoms with Crippen LogP contribution in [0.4, 0.5) is 0 Å². The van der Waals surface area contributed by atoms with Gasteiger partial charge in [-0.25, -0.2) is 0 Å². The molecule has 126 valence electrons. The molecule has 4 saturated heterocycles. The second-order valence-corrected chi connectivity index (χ2v) is 7.38. The van der Waals surface area contributed by atoms with E-state index in [4.69, 9.17) is 14.2 Å². The third-order valence-electron chi connectivity index (χ3n) is 5.81. The minimum absolute atomic E-state index is 0.412. The Morgan fingerprint density at radius 3 is 2.59 bits per heavy atom. The van der Waals surface area contributed by atoms with Gasteiger partial charge in [0.15, 0.2) is 0 Å². The lowest BCUT2D eigenvalue weighted by Crippen LogP contribution is -2.52. The van der Waals surface area contributed by atoms with Gasteiger partial charge in [-0.05, 0) is 31.6 Å². The molecule has 0 radical (unpaired) electrons. The maximum absolute atomic E-state index is 6.07. The highest BCUT2D eigenvalue weighted by molar-refractivity contribution is 4.95. The first-order valence-corrected chi connectivity index (χ1v) is 9.16. The number of morpholine rings is 1. The van der Waals surface area contributed by atoms with Crippen LogP contribution in [0.15, 0.2) is 0 Å². The van der Waals surface area contributed by atoms with Crippen molar-refractivity contribution in [2.45, 2.75) is 43.9 Å². The molecule has 0 aromatic carbocycles. The molecule has 0 spiro atoms. The minimum Gasteiger partial charge on any atom is -0.381 e. The van der Waals surface area contributed by atoms with Gasteiger partial charge in [0.1, 0.15) is 0 Å². The van der Waals surface area contributed by atoms with Crippen molar-refractivity contribution in [1.29, 1.82) is 0 Å². The van der Waals surface area contributed by atoms with Crippen molar-refractivity contribution in [2.24, 2.45) is 5.92 Å². The molecule has 0 bridgehead atoms. The summed E-state index contributed by atoms with van der Waals surface area (Å²) in [6, 6.07) is 0.581. The van der Waals surface area contributed by atoms with Crippen LogP contribution in [-0.2, 0) is 14.2 Å². The minimum atomic E-state index is 0.412. The van der Waals surface area contributed by atoms with Crippen LogP contribution in [0.3, 0.4) is 0 Å². The van der Waals surface area contributed by atoms with E-state index < -0.39 is 0 Å². The first kappa shape index (κ1) is 15.3. The maximum atomic E-state index is 6.07. The topological polar surface area (TPSA) is 34.2 Å². The number of likely N-dealkylation sites (tertiary alicyclic amines) is 1. The van der Waals surface area contributed by atoms with Crippen molar-refractivity contribution in [3.05, 3.63) is 0 Å². The van der Waals surface area contributed by atoms with Crippen molar-refractivity contribution < 1.29 is 14.2 Å². The van der Waals surface area contributed by atoms with Gasteiger partial charge in [-0.1, -0.05) is 0 Å². The Morgan fingerprint density at radius 1 is 0.864 bits per heavy atom. The molecule has 0 amide bonds. The van der Waals surface area contributed by atoms with Gasteiger partial charge in [0, 0.05) is 58.6 Å². The van der Waals surface area contributed by atoms with Crippen LogP contribution < -0.4 is 0 Å². The zero-order valence-electron chi connectivity index (χ0n) is 13.6. The van der Waals surface area contributed by atoms with Crippen molar-refractivity contribution in [2.75, 3.05) is 59.2 Å². The highest BCUT2D eigenvalue weighted by Gasteiger charge is 2.41. The largest absolute Gasteiger partial charge is 0.381 e. The Morgan fingerprint density at radius 2 is 1.77 bits per heavy atom. The second kappa shape index (κ2) is 7.14. The van der Waals surface area contributed by atoms with Crippen LogP contribution in [0.5, 0.6) is 0 Å². The molecule has 0 aliphatic carbocycles. The summed E-state index contributed by atoms with van der Waals surface area (Å²) in [6.45, 7) is 9.45. The number of hydrogen-bond acceptors (Lipinski definition) is 5. The summed E-state index contributed by atoms with van der Waals surface area (Å²) >= 11 is 0. The monoisotopic (exact) mass is 310 g/mol. The Labute approximate surface area is 133 Å². The molecule has 4 rings (SSSR count). The third kappa shape index (κ3) is 3.49. The molecule has 4 aliphatic heterocycles. The van der Waals surface area contributed by atoms with E-state index in [1.54, 1.807) is 0 Å². The second-order valence-electron chi connectivity index (χ2n) is 7.38. The fourth-order valence-electron chi connectivity index (χ4n) is 4.55. The first-order chi connectivity index (χ1) is 10.9. The van der Waals surface area contributed by atoms with Crippen molar-refractivity contribution in [3.8, 4) is 0 Å². The number of ether oxygens (including phenoxy) is 3. The highest BCUT2D eigenvalue weighted by Crippen LogP contribution is 2.27. The van der Waals surface area contributed by atoms with Gasteiger partial charge in [0.25, 0.3) is 0 Å². The average molecular weight is 310 g/mol. The summed E-state index contributed by atoms with van der Waals surface area (Å²) in [5.41, 5.74) is 0. The lowest BCUT2D eigenvalue weighted by molar-refractivity contribution is -0.0615. The van der Waals surface area contributed by atoms with E-state index in [0.717, 1.165) is 52.0 Å². The summed E-state index contributed by atoms with van der Waals surface area (Å²) in [4.78, 5) is 5.28. The summed E-state index contributed by atoms with van der Waals surface area (Å²) in [7, 11) is 0. The molecule has 22 heavy (non-hydrogen) atoms. The van der Waals surface area contributed by atoms with Crippen molar-refractivity contribution in [3.63, 3.8) is 0 Å². The van der Waals surface area contributed by atoms with E-state index in [1.165, 1.54) is 38.8 Å². The number of hydrogen-bond donors (Lipinski definition) is 0. The van der Waals surface area contributed by atoms with E-state index in [2.05, 4.69) is 9.80 Å². The quantitative estimate of drug-likeness (QED) is 0.773. The van der Waals surface area contributed by atoms with E-state index in [1.807, 2.05) is 0 Å². The Kier molecular flexibility index (Phi) is 4.98. The molecule has 0 aromatic heterocycles. The molecule has 4 aliphatic rings. The molecule has 5 nitrogen and oxygen atoms in total. The van der Waals surface area contributed by atoms with E-state index in [-0.39, 0.29) is 0 Å². The molecular weight excluding hydrogens is 280 g/mol. The molecule has 5 heteroatoms. The summed E-state index contributed by atoms with van der Waals surface area (Å²) < 4.78 is 17.4. The number of nitrogens with zero attached hydrogens (tertiary/aromatic N) is 2.